The van der Waals surface area contributed by atoms with Crippen molar-refractivity contribution in [3.8, 4) is 0 Å². The summed E-state index contributed by atoms with van der Waals surface area (Å²) in [5.74, 6) is 0. The van der Waals surface area contributed by atoms with Crippen molar-refractivity contribution in [3.05, 3.63) is 30.3 Å². The first-order valence-corrected chi connectivity index (χ1v) is 5.10. The molecule has 0 saturated carbocycles. The summed E-state index contributed by atoms with van der Waals surface area (Å²) in [7, 11) is 1.51. The molecule has 1 aromatic rings. The third-order valence-electron chi connectivity index (χ3n) is 2.54. The van der Waals surface area contributed by atoms with Crippen LogP contribution in [0.1, 0.15) is 0 Å². The first-order chi connectivity index (χ1) is 7.74. The smallest absolute Gasteiger partial charge is 0.332 e. The van der Waals surface area contributed by atoms with Crippen LogP contribution < -0.4 is 10.2 Å². The molecule has 0 bridgehead atoms. The Balaban J connectivity index is 2.17. The first-order valence-electron chi connectivity index (χ1n) is 5.10. The van der Waals surface area contributed by atoms with Crippen LogP contribution in [0.2, 0.25) is 0 Å². The number of carbonyl (C=O) groups excluding carboxylic acids is 2. The van der Waals surface area contributed by atoms with Gasteiger partial charge in [0, 0.05) is 19.3 Å². The number of carbonyl (C=O) groups is 2. The predicted octanol–water partition coefficient (Wildman–Crippen LogP) is 1.27. The first kappa shape index (κ1) is 10.5. The van der Waals surface area contributed by atoms with Gasteiger partial charge < -0.3 is 5.32 Å². The van der Waals surface area contributed by atoms with Crippen LogP contribution in [0.25, 0.3) is 0 Å². The molecule has 16 heavy (non-hydrogen) atoms. The van der Waals surface area contributed by atoms with E-state index in [0.29, 0.717) is 13.1 Å². The van der Waals surface area contributed by atoms with E-state index in [4.69, 9.17) is 0 Å². The highest BCUT2D eigenvalue weighted by molar-refractivity contribution is 6.04. The van der Waals surface area contributed by atoms with Gasteiger partial charge >= 0.3 is 12.1 Å². The summed E-state index contributed by atoms with van der Waals surface area (Å²) in [4.78, 5) is 26.1. The molecule has 1 aliphatic rings. The Hall–Kier alpha value is -2.04. The van der Waals surface area contributed by atoms with Crippen molar-refractivity contribution >= 4 is 17.7 Å². The number of para-hydroxylation sites is 1. The van der Waals surface area contributed by atoms with E-state index in [-0.39, 0.29) is 12.1 Å². The lowest BCUT2D eigenvalue weighted by molar-refractivity contribution is 0.202. The van der Waals surface area contributed by atoms with E-state index in [1.165, 1.54) is 11.9 Å². The lowest BCUT2D eigenvalue weighted by Gasteiger charge is -2.16. The van der Waals surface area contributed by atoms with E-state index in [9.17, 15) is 9.59 Å². The van der Waals surface area contributed by atoms with Crippen LogP contribution in [0, 0.1) is 0 Å². The number of urea groups is 2. The second-order valence-corrected chi connectivity index (χ2v) is 3.48. The highest BCUT2D eigenvalue weighted by atomic mass is 16.2. The number of nitrogens with one attached hydrogen (secondary N) is 1. The molecule has 0 unspecified atom stereocenters. The van der Waals surface area contributed by atoms with Gasteiger partial charge in [-0.05, 0) is 12.1 Å². The fourth-order valence-electron chi connectivity index (χ4n) is 1.71. The van der Waals surface area contributed by atoms with Crippen molar-refractivity contribution in [2.75, 3.05) is 25.0 Å². The molecule has 1 aliphatic heterocycles. The van der Waals surface area contributed by atoms with E-state index >= 15 is 0 Å². The van der Waals surface area contributed by atoms with Crippen LogP contribution >= 0.6 is 0 Å². The maximum absolute atomic E-state index is 11.9. The second kappa shape index (κ2) is 4.22. The zero-order chi connectivity index (χ0) is 11.5. The molecule has 0 atom stereocenters. The molecule has 1 aromatic carbocycles. The normalized spacial score (nSPS) is 15.4. The van der Waals surface area contributed by atoms with E-state index in [2.05, 4.69) is 5.32 Å². The molecule has 1 heterocycles. The molecular weight excluding hydrogens is 206 g/mol. The van der Waals surface area contributed by atoms with Gasteiger partial charge in [0.2, 0.25) is 0 Å². The Morgan fingerprint density at radius 2 is 1.94 bits per heavy atom. The number of nitrogens with zero attached hydrogens (tertiary/aromatic N) is 2. The molecule has 0 aromatic heterocycles. The van der Waals surface area contributed by atoms with Gasteiger partial charge in [-0.3, -0.25) is 4.90 Å². The Kier molecular flexibility index (Phi) is 2.76. The summed E-state index contributed by atoms with van der Waals surface area (Å²) in [5, 5.41) is 2.45. The fourth-order valence-corrected chi connectivity index (χ4v) is 1.71. The van der Waals surface area contributed by atoms with Crippen molar-refractivity contribution in [1.82, 2.24) is 10.2 Å². The SMILES string of the molecule is CNC(=O)N1CCN(c2ccccc2)C1=O. The van der Waals surface area contributed by atoms with Crippen molar-refractivity contribution in [2.45, 2.75) is 0 Å². The third kappa shape index (κ3) is 1.71. The fraction of sp³-hybridized carbons (Fsp3) is 0.273. The average Bonchev–Trinajstić information content (AvgIpc) is 2.71. The van der Waals surface area contributed by atoms with E-state index in [1.54, 1.807) is 4.90 Å². The number of benzene rings is 1. The Morgan fingerprint density at radius 3 is 2.56 bits per heavy atom. The minimum atomic E-state index is -0.358. The molecule has 0 aliphatic carbocycles. The van der Waals surface area contributed by atoms with Crippen molar-refractivity contribution in [2.24, 2.45) is 0 Å². The van der Waals surface area contributed by atoms with Crippen LogP contribution in [0.15, 0.2) is 30.3 Å². The zero-order valence-corrected chi connectivity index (χ0v) is 9.01. The standard InChI is InChI=1S/C11H13N3O2/c1-12-10(15)14-8-7-13(11(14)16)9-5-3-2-4-6-9/h2-6H,7-8H2,1H3,(H,12,15). The van der Waals surface area contributed by atoms with Crippen LogP contribution in [0.4, 0.5) is 15.3 Å². The van der Waals surface area contributed by atoms with Crippen LogP contribution in [0.5, 0.6) is 0 Å². The maximum Gasteiger partial charge on any atom is 0.332 e. The molecule has 5 heteroatoms. The summed E-state index contributed by atoms with van der Waals surface area (Å²) in [6.07, 6.45) is 0. The Morgan fingerprint density at radius 1 is 1.25 bits per heavy atom. The van der Waals surface area contributed by atoms with Crippen LogP contribution in [-0.4, -0.2) is 37.1 Å². The zero-order valence-electron chi connectivity index (χ0n) is 9.01. The minimum absolute atomic E-state index is 0.273. The van der Waals surface area contributed by atoms with Gasteiger partial charge in [-0.25, -0.2) is 14.5 Å². The molecule has 0 spiro atoms. The molecule has 84 valence electrons. The largest absolute Gasteiger partial charge is 0.341 e. The molecule has 2 rings (SSSR count). The van der Waals surface area contributed by atoms with E-state index in [1.807, 2.05) is 30.3 Å². The van der Waals surface area contributed by atoms with Gasteiger partial charge in [-0.2, -0.15) is 0 Å². The quantitative estimate of drug-likeness (QED) is 0.773. The monoisotopic (exact) mass is 219 g/mol. The lowest BCUT2D eigenvalue weighted by Crippen LogP contribution is -2.41. The topological polar surface area (TPSA) is 52.7 Å². The molecule has 1 saturated heterocycles. The van der Waals surface area contributed by atoms with Gasteiger partial charge in [0.25, 0.3) is 0 Å². The third-order valence-corrected chi connectivity index (χ3v) is 2.54. The number of rotatable bonds is 1. The Labute approximate surface area is 93.6 Å². The number of imide groups is 1. The highest BCUT2D eigenvalue weighted by Crippen LogP contribution is 2.19. The van der Waals surface area contributed by atoms with Gasteiger partial charge in [0.1, 0.15) is 0 Å². The van der Waals surface area contributed by atoms with Gasteiger partial charge in [-0.1, -0.05) is 18.2 Å². The van der Waals surface area contributed by atoms with Gasteiger partial charge in [0.05, 0.1) is 6.54 Å². The summed E-state index contributed by atoms with van der Waals surface area (Å²) in [6, 6.07) is 8.70. The number of amides is 4. The second-order valence-electron chi connectivity index (χ2n) is 3.48. The van der Waals surface area contributed by atoms with Crippen molar-refractivity contribution < 1.29 is 9.59 Å². The van der Waals surface area contributed by atoms with Crippen LogP contribution in [0.3, 0.4) is 0 Å². The highest BCUT2D eigenvalue weighted by Gasteiger charge is 2.33. The maximum atomic E-state index is 11.9. The van der Waals surface area contributed by atoms with Gasteiger partial charge in [0.15, 0.2) is 0 Å². The van der Waals surface area contributed by atoms with Crippen molar-refractivity contribution in [3.63, 3.8) is 0 Å². The van der Waals surface area contributed by atoms with Crippen LogP contribution in [-0.2, 0) is 0 Å². The number of hydrogen-bond acceptors (Lipinski definition) is 2. The molecule has 5 nitrogen and oxygen atoms in total. The Bertz CT molecular complexity index is 405. The molecule has 1 fully saturated rings. The summed E-state index contributed by atoms with van der Waals surface area (Å²) < 4.78 is 0. The summed E-state index contributed by atoms with van der Waals surface area (Å²) >= 11 is 0. The lowest BCUT2D eigenvalue weighted by atomic mass is 10.3. The van der Waals surface area contributed by atoms with Crippen molar-refractivity contribution in [1.29, 1.82) is 0 Å². The minimum Gasteiger partial charge on any atom is -0.341 e. The predicted molar refractivity (Wildman–Crippen MR) is 60.3 cm³/mol. The summed E-state index contributed by atoms with van der Waals surface area (Å²) in [6.45, 7) is 0.962. The van der Waals surface area contributed by atoms with E-state index in [0.717, 1.165) is 5.69 Å². The average molecular weight is 219 g/mol. The van der Waals surface area contributed by atoms with E-state index < -0.39 is 0 Å². The molecule has 0 radical (unpaired) electrons. The molecule has 1 N–H and O–H groups in total. The summed E-state index contributed by atoms with van der Waals surface area (Å²) in [5.41, 5.74) is 0.818. The molecular formula is C11H13N3O2. The number of hydrogen-bond donors (Lipinski definition) is 1. The van der Waals surface area contributed by atoms with Gasteiger partial charge in [-0.15, -0.1) is 0 Å². The number of anilines is 1. The molecule has 4 amide bonds.